The molecule has 2 aromatic carbocycles. The van der Waals surface area contributed by atoms with Gasteiger partial charge in [0.05, 0.1) is 6.07 Å². The minimum Gasteiger partial charge on any atom is -0.508 e. The molecular formula is C15H13NO. The fourth-order valence-electron chi connectivity index (χ4n) is 1.95. The molecule has 0 fully saturated rings. The van der Waals surface area contributed by atoms with Gasteiger partial charge in [-0.3, -0.25) is 0 Å². The summed E-state index contributed by atoms with van der Waals surface area (Å²) in [6.07, 6.45) is 0.410. The van der Waals surface area contributed by atoms with Crippen LogP contribution in [-0.4, -0.2) is 5.11 Å². The molecule has 0 saturated carbocycles. The normalized spacial score (nSPS) is 11.7. The van der Waals surface area contributed by atoms with E-state index in [4.69, 9.17) is 5.26 Å². The number of benzene rings is 2. The molecule has 1 unspecified atom stereocenters. The van der Waals surface area contributed by atoms with Gasteiger partial charge in [0.1, 0.15) is 5.75 Å². The van der Waals surface area contributed by atoms with Crippen LogP contribution in [0, 0.1) is 11.3 Å². The van der Waals surface area contributed by atoms with E-state index >= 15 is 0 Å². The fraction of sp³-hybridized carbons (Fsp3) is 0.133. The Morgan fingerprint density at radius 1 is 1.00 bits per heavy atom. The van der Waals surface area contributed by atoms with Gasteiger partial charge in [-0.05, 0) is 23.3 Å². The van der Waals surface area contributed by atoms with Gasteiger partial charge in [-0.1, -0.05) is 42.5 Å². The third-order valence-electron chi connectivity index (χ3n) is 2.77. The van der Waals surface area contributed by atoms with E-state index in [9.17, 15) is 5.11 Å². The third-order valence-corrected chi connectivity index (χ3v) is 2.77. The molecule has 0 saturated heterocycles. The molecule has 0 amide bonds. The number of nitrogens with zero attached hydrogens (tertiary/aromatic N) is 1. The molecule has 84 valence electrons. The smallest absolute Gasteiger partial charge is 0.115 e. The predicted molar refractivity (Wildman–Crippen MR) is 66.6 cm³/mol. The highest BCUT2D eigenvalue weighted by molar-refractivity contribution is 5.37. The minimum atomic E-state index is 0.0216. The van der Waals surface area contributed by atoms with Crippen LogP contribution < -0.4 is 0 Å². The zero-order chi connectivity index (χ0) is 12.1. The number of hydrogen-bond donors (Lipinski definition) is 1. The molecular weight excluding hydrogens is 210 g/mol. The number of phenolic OH excluding ortho intramolecular Hbond substituents is 1. The van der Waals surface area contributed by atoms with Crippen LogP contribution in [0.4, 0.5) is 0 Å². The lowest BCUT2D eigenvalue weighted by Gasteiger charge is -2.14. The van der Waals surface area contributed by atoms with E-state index in [0.29, 0.717) is 6.42 Å². The molecule has 1 atom stereocenters. The van der Waals surface area contributed by atoms with E-state index in [1.807, 2.05) is 36.4 Å². The Morgan fingerprint density at radius 3 is 2.35 bits per heavy atom. The molecule has 17 heavy (non-hydrogen) atoms. The maximum Gasteiger partial charge on any atom is 0.115 e. The van der Waals surface area contributed by atoms with Gasteiger partial charge in [-0.25, -0.2) is 0 Å². The van der Waals surface area contributed by atoms with Crippen LogP contribution in [0.5, 0.6) is 5.75 Å². The molecule has 1 N–H and O–H groups in total. The van der Waals surface area contributed by atoms with Crippen molar-refractivity contribution < 1.29 is 5.11 Å². The summed E-state index contributed by atoms with van der Waals surface area (Å²) >= 11 is 0. The molecule has 2 heteroatoms. The summed E-state index contributed by atoms with van der Waals surface area (Å²) in [6, 6.07) is 19.2. The number of phenols is 1. The van der Waals surface area contributed by atoms with Gasteiger partial charge in [0.15, 0.2) is 0 Å². The third kappa shape index (κ3) is 2.64. The van der Waals surface area contributed by atoms with E-state index in [0.717, 1.165) is 11.1 Å². The van der Waals surface area contributed by atoms with Crippen molar-refractivity contribution in [3.8, 4) is 11.8 Å². The van der Waals surface area contributed by atoms with E-state index in [-0.39, 0.29) is 11.7 Å². The zero-order valence-electron chi connectivity index (χ0n) is 9.38. The molecule has 0 aliphatic carbocycles. The van der Waals surface area contributed by atoms with Crippen molar-refractivity contribution >= 4 is 0 Å². The molecule has 2 aromatic rings. The van der Waals surface area contributed by atoms with Gasteiger partial charge >= 0.3 is 0 Å². The van der Waals surface area contributed by atoms with Crippen LogP contribution in [0.1, 0.15) is 23.5 Å². The Hall–Kier alpha value is -2.27. The van der Waals surface area contributed by atoms with Crippen molar-refractivity contribution in [2.75, 3.05) is 0 Å². The SMILES string of the molecule is N#CCC(c1ccccc1)c1cccc(O)c1. The summed E-state index contributed by atoms with van der Waals surface area (Å²) in [5.41, 5.74) is 2.07. The van der Waals surface area contributed by atoms with Crippen LogP contribution in [0.15, 0.2) is 54.6 Å². The van der Waals surface area contributed by atoms with Crippen LogP contribution >= 0.6 is 0 Å². The van der Waals surface area contributed by atoms with Gasteiger partial charge in [0, 0.05) is 12.3 Å². The van der Waals surface area contributed by atoms with Gasteiger partial charge in [-0.2, -0.15) is 5.26 Å². The van der Waals surface area contributed by atoms with Gasteiger partial charge in [0.25, 0.3) is 0 Å². The molecule has 0 aliphatic heterocycles. The van der Waals surface area contributed by atoms with E-state index in [2.05, 4.69) is 6.07 Å². The first-order valence-corrected chi connectivity index (χ1v) is 5.52. The highest BCUT2D eigenvalue weighted by atomic mass is 16.3. The van der Waals surface area contributed by atoms with Gasteiger partial charge in [0.2, 0.25) is 0 Å². The summed E-state index contributed by atoms with van der Waals surface area (Å²) in [7, 11) is 0. The molecule has 0 spiro atoms. The molecule has 0 radical (unpaired) electrons. The molecule has 0 aliphatic rings. The Labute approximate surface area is 101 Å². The highest BCUT2D eigenvalue weighted by Gasteiger charge is 2.13. The summed E-state index contributed by atoms with van der Waals surface area (Å²) in [4.78, 5) is 0. The lowest BCUT2D eigenvalue weighted by atomic mass is 9.89. The van der Waals surface area contributed by atoms with E-state index in [1.165, 1.54) is 0 Å². The van der Waals surface area contributed by atoms with E-state index < -0.39 is 0 Å². The maximum absolute atomic E-state index is 9.49. The summed E-state index contributed by atoms with van der Waals surface area (Å²) < 4.78 is 0. The Bertz CT molecular complexity index is 528. The summed E-state index contributed by atoms with van der Waals surface area (Å²) in [5, 5.41) is 18.4. The Kier molecular flexibility index (Phi) is 3.42. The van der Waals surface area contributed by atoms with Crippen LogP contribution in [-0.2, 0) is 0 Å². The second kappa shape index (κ2) is 5.18. The molecule has 2 nitrogen and oxygen atoms in total. The molecule has 0 aromatic heterocycles. The van der Waals surface area contributed by atoms with Crippen molar-refractivity contribution in [3.05, 3.63) is 65.7 Å². The Morgan fingerprint density at radius 2 is 1.71 bits per heavy atom. The second-order valence-electron chi connectivity index (χ2n) is 3.92. The quantitative estimate of drug-likeness (QED) is 0.866. The monoisotopic (exact) mass is 223 g/mol. The maximum atomic E-state index is 9.49. The van der Waals surface area contributed by atoms with Gasteiger partial charge in [-0.15, -0.1) is 0 Å². The minimum absolute atomic E-state index is 0.0216. The molecule has 0 bridgehead atoms. The lowest BCUT2D eigenvalue weighted by Crippen LogP contribution is -1.99. The molecule has 0 heterocycles. The first-order chi connectivity index (χ1) is 8.31. The fourth-order valence-corrected chi connectivity index (χ4v) is 1.95. The van der Waals surface area contributed by atoms with Crippen LogP contribution in [0.2, 0.25) is 0 Å². The predicted octanol–water partition coefficient (Wildman–Crippen LogP) is 3.44. The van der Waals surface area contributed by atoms with Crippen molar-refractivity contribution in [3.63, 3.8) is 0 Å². The molecule has 2 rings (SSSR count). The average Bonchev–Trinajstić information content (AvgIpc) is 2.37. The first-order valence-electron chi connectivity index (χ1n) is 5.52. The standard InChI is InChI=1S/C15H13NO/c16-10-9-15(12-5-2-1-3-6-12)13-7-4-8-14(17)11-13/h1-8,11,15,17H,9H2. The summed E-state index contributed by atoms with van der Waals surface area (Å²) in [5.74, 6) is 0.259. The second-order valence-corrected chi connectivity index (χ2v) is 3.92. The average molecular weight is 223 g/mol. The highest BCUT2D eigenvalue weighted by Crippen LogP contribution is 2.29. The van der Waals surface area contributed by atoms with Crippen molar-refractivity contribution in [1.82, 2.24) is 0 Å². The van der Waals surface area contributed by atoms with E-state index in [1.54, 1.807) is 18.2 Å². The van der Waals surface area contributed by atoms with Crippen LogP contribution in [0.3, 0.4) is 0 Å². The van der Waals surface area contributed by atoms with Crippen molar-refractivity contribution in [2.45, 2.75) is 12.3 Å². The summed E-state index contributed by atoms with van der Waals surface area (Å²) in [6.45, 7) is 0. The topological polar surface area (TPSA) is 44.0 Å². The number of aromatic hydroxyl groups is 1. The van der Waals surface area contributed by atoms with Crippen molar-refractivity contribution in [2.24, 2.45) is 0 Å². The number of nitriles is 1. The Balaban J connectivity index is 2.40. The lowest BCUT2D eigenvalue weighted by molar-refractivity contribution is 0.474. The van der Waals surface area contributed by atoms with Crippen molar-refractivity contribution in [1.29, 1.82) is 5.26 Å². The first kappa shape index (κ1) is 11.2. The number of rotatable bonds is 3. The number of hydrogen-bond acceptors (Lipinski definition) is 2. The van der Waals surface area contributed by atoms with Crippen LogP contribution in [0.25, 0.3) is 0 Å². The van der Waals surface area contributed by atoms with Gasteiger partial charge < -0.3 is 5.11 Å². The largest absolute Gasteiger partial charge is 0.508 e. The zero-order valence-corrected chi connectivity index (χ0v) is 9.38.